The highest BCUT2D eigenvalue weighted by atomic mass is 32.1. The summed E-state index contributed by atoms with van der Waals surface area (Å²) < 4.78 is 41.5. The first kappa shape index (κ1) is 24.1. The molecule has 1 aliphatic rings. The van der Waals surface area contributed by atoms with Crippen molar-refractivity contribution in [2.24, 2.45) is 0 Å². The van der Waals surface area contributed by atoms with Gasteiger partial charge in [-0.1, -0.05) is 24.3 Å². The third kappa shape index (κ3) is 5.17. The second-order valence-electron chi connectivity index (χ2n) is 8.59. The van der Waals surface area contributed by atoms with Crippen LogP contribution in [0.2, 0.25) is 0 Å². The number of aryl methyl sites for hydroxylation is 1. The average Bonchev–Trinajstić information content (AvgIpc) is 3.64. The fraction of sp³-hybridized carbons (Fsp3) is 0.259. The van der Waals surface area contributed by atoms with Crippen molar-refractivity contribution in [3.63, 3.8) is 0 Å². The van der Waals surface area contributed by atoms with Crippen molar-refractivity contribution in [3.8, 4) is 17.3 Å². The Morgan fingerprint density at radius 2 is 2.03 bits per heavy atom. The molecule has 0 spiro atoms. The molecule has 36 heavy (non-hydrogen) atoms. The van der Waals surface area contributed by atoms with Gasteiger partial charge in [-0.05, 0) is 55.5 Å². The van der Waals surface area contributed by atoms with Crippen LogP contribution in [0.4, 0.5) is 8.78 Å². The molecule has 1 amide bonds. The summed E-state index contributed by atoms with van der Waals surface area (Å²) in [7, 11) is 0. The third-order valence-corrected chi connectivity index (χ3v) is 6.91. The number of carbonyl (C=O) groups excluding carboxylic acids is 1. The highest BCUT2D eigenvalue weighted by Gasteiger charge is 2.28. The van der Waals surface area contributed by atoms with Crippen molar-refractivity contribution in [2.75, 3.05) is 13.2 Å². The van der Waals surface area contributed by atoms with Crippen molar-refractivity contribution in [1.29, 1.82) is 0 Å². The first-order valence-electron chi connectivity index (χ1n) is 11.7. The van der Waals surface area contributed by atoms with E-state index >= 15 is 0 Å². The van der Waals surface area contributed by atoms with Crippen LogP contribution in [0, 0.1) is 18.6 Å². The summed E-state index contributed by atoms with van der Waals surface area (Å²) in [4.78, 5) is 15.8. The zero-order valence-electron chi connectivity index (χ0n) is 19.7. The molecule has 186 valence electrons. The quantitative estimate of drug-likeness (QED) is 0.287. The van der Waals surface area contributed by atoms with Crippen molar-refractivity contribution in [2.45, 2.75) is 32.4 Å². The molecular weight excluding hydrogens is 484 g/mol. The van der Waals surface area contributed by atoms with E-state index in [0.29, 0.717) is 35.0 Å². The predicted molar refractivity (Wildman–Crippen MR) is 133 cm³/mol. The number of benzene rings is 2. The number of thiophene rings is 1. The Balaban J connectivity index is 1.55. The molecule has 0 unspecified atom stereocenters. The van der Waals surface area contributed by atoms with Crippen LogP contribution in [0.3, 0.4) is 0 Å². The third-order valence-electron chi connectivity index (χ3n) is 6.05. The molecule has 0 aliphatic carbocycles. The van der Waals surface area contributed by atoms with Crippen LogP contribution in [-0.2, 0) is 11.3 Å². The van der Waals surface area contributed by atoms with Gasteiger partial charge in [0.2, 0.25) is 5.88 Å². The molecule has 4 aromatic rings. The molecule has 2 aromatic carbocycles. The SMILES string of the molecule is Cc1nn(-c2ccccc2)c(Oc2ccc(F)cc2F)c1CN(C[C@@H]1CCCO1)C(=O)c1cccs1. The molecule has 1 aliphatic heterocycles. The van der Waals surface area contributed by atoms with Gasteiger partial charge in [0, 0.05) is 19.2 Å². The molecule has 0 radical (unpaired) electrons. The number of amides is 1. The highest BCUT2D eigenvalue weighted by Crippen LogP contribution is 2.33. The minimum absolute atomic E-state index is 0.0581. The molecule has 3 heterocycles. The highest BCUT2D eigenvalue weighted by molar-refractivity contribution is 7.12. The van der Waals surface area contributed by atoms with Crippen LogP contribution in [0.5, 0.6) is 11.6 Å². The van der Waals surface area contributed by atoms with Gasteiger partial charge in [-0.15, -0.1) is 11.3 Å². The molecule has 0 N–H and O–H groups in total. The van der Waals surface area contributed by atoms with Gasteiger partial charge in [0.15, 0.2) is 11.6 Å². The molecule has 6 nitrogen and oxygen atoms in total. The smallest absolute Gasteiger partial charge is 0.264 e. The summed E-state index contributed by atoms with van der Waals surface area (Å²) in [6.07, 6.45) is 1.77. The summed E-state index contributed by atoms with van der Waals surface area (Å²) >= 11 is 1.38. The standard InChI is InChI=1S/C27H25F2N3O3S/c1-18-22(17-31(16-21-9-5-13-34-21)26(33)25-10-6-14-36-25)27(32(30-18)20-7-3-2-4-8-20)35-24-12-11-19(28)15-23(24)29/h2-4,6-8,10-12,14-15,21H,5,9,13,16-17H2,1H3/t21-/m0/s1. The Morgan fingerprint density at radius 1 is 1.19 bits per heavy atom. The van der Waals surface area contributed by atoms with Gasteiger partial charge in [0.25, 0.3) is 5.91 Å². The second-order valence-corrected chi connectivity index (χ2v) is 9.54. The number of para-hydroxylation sites is 1. The van der Waals surface area contributed by atoms with Crippen LogP contribution in [-0.4, -0.2) is 39.8 Å². The van der Waals surface area contributed by atoms with Crippen molar-refractivity contribution in [1.82, 2.24) is 14.7 Å². The molecule has 0 bridgehead atoms. The van der Waals surface area contributed by atoms with Crippen molar-refractivity contribution < 1.29 is 23.0 Å². The Bertz CT molecular complexity index is 1340. The number of halogens is 2. The predicted octanol–water partition coefficient (Wildman–Crippen LogP) is 6.13. The van der Waals surface area contributed by atoms with E-state index in [0.717, 1.165) is 25.0 Å². The Morgan fingerprint density at radius 3 is 2.72 bits per heavy atom. The molecular formula is C27H25F2N3O3S. The van der Waals surface area contributed by atoms with E-state index in [1.165, 1.54) is 17.4 Å². The fourth-order valence-electron chi connectivity index (χ4n) is 4.23. The van der Waals surface area contributed by atoms with Crippen LogP contribution in [0.15, 0.2) is 66.0 Å². The molecule has 1 saturated heterocycles. The van der Waals surface area contributed by atoms with Gasteiger partial charge in [0.1, 0.15) is 5.82 Å². The minimum Gasteiger partial charge on any atom is -0.435 e. The van der Waals surface area contributed by atoms with Crippen LogP contribution in [0.25, 0.3) is 5.69 Å². The molecule has 0 saturated carbocycles. The van der Waals surface area contributed by atoms with E-state index in [4.69, 9.17) is 9.47 Å². The Labute approximate surface area is 211 Å². The number of hydrogen-bond donors (Lipinski definition) is 0. The largest absolute Gasteiger partial charge is 0.435 e. The first-order valence-corrected chi connectivity index (χ1v) is 12.6. The first-order chi connectivity index (χ1) is 17.5. The van der Waals surface area contributed by atoms with Gasteiger partial charge in [0.05, 0.1) is 34.5 Å². The molecule has 5 rings (SSSR count). The number of rotatable bonds is 8. The summed E-state index contributed by atoms with van der Waals surface area (Å²) in [6.45, 7) is 3.10. The van der Waals surface area contributed by atoms with Gasteiger partial charge in [-0.3, -0.25) is 4.79 Å². The van der Waals surface area contributed by atoms with E-state index in [1.54, 1.807) is 15.6 Å². The zero-order valence-corrected chi connectivity index (χ0v) is 20.5. The number of hydrogen-bond acceptors (Lipinski definition) is 5. The Hall–Kier alpha value is -3.56. The van der Waals surface area contributed by atoms with Crippen LogP contribution >= 0.6 is 11.3 Å². The summed E-state index contributed by atoms with van der Waals surface area (Å²) in [5.74, 6) is -1.51. The summed E-state index contributed by atoms with van der Waals surface area (Å²) in [5.41, 5.74) is 1.97. The lowest BCUT2D eigenvalue weighted by Crippen LogP contribution is -2.36. The maximum atomic E-state index is 14.6. The molecule has 9 heteroatoms. The molecule has 2 aromatic heterocycles. The molecule has 1 fully saturated rings. The fourth-order valence-corrected chi connectivity index (χ4v) is 4.92. The number of ether oxygens (including phenoxy) is 2. The number of aromatic nitrogens is 2. The van der Waals surface area contributed by atoms with E-state index in [9.17, 15) is 13.6 Å². The second kappa shape index (κ2) is 10.6. The zero-order chi connectivity index (χ0) is 25.1. The topological polar surface area (TPSA) is 56.6 Å². The normalized spacial score (nSPS) is 15.2. The van der Waals surface area contributed by atoms with Crippen LogP contribution < -0.4 is 4.74 Å². The van der Waals surface area contributed by atoms with Gasteiger partial charge < -0.3 is 14.4 Å². The van der Waals surface area contributed by atoms with E-state index < -0.39 is 11.6 Å². The van der Waals surface area contributed by atoms with Gasteiger partial charge in [-0.2, -0.15) is 5.10 Å². The van der Waals surface area contributed by atoms with E-state index in [2.05, 4.69) is 5.10 Å². The van der Waals surface area contributed by atoms with Crippen LogP contribution in [0.1, 0.15) is 33.8 Å². The lowest BCUT2D eigenvalue weighted by Gasteiger charge is -2.25. The van der Waals surface area contributed by atoms with Gasteiger partial charge in [-0.25, -0.2) is 13.5 Å². The Kier molecular flexibility index (Phi) is 7.11. The summed E-state index contributed by atoms with van der Waals surface area (Å²) in [6, 6.07) is 16.1. The summed E-state index contributed by atoms with van der Waals surface area (Å²) in [5, 5.41) is 6.52. The monoisotopic (exact) mass is 509 g/mol. The molecule has 1 atom stereocenters. The number of carbonyl (C=O) groups is 1. The average molecular weight is 510 g/mol. The lowest BCUT2D eigenvalue weighted by molar-refractivity contribution is 0.0509. The van der Waals surface area contributed by atoms with E-state index in [-0.39, 0.29) is 30.2 Å². The van der Waals surface area contributed by atoms with E-state index in [1.807, 2.05) is 48.7 Å². The minimum atomic E-state index is -0.828. The van der Waals surface area contributed by atoms with Gasteiger partial charge >= 0.3 is 0 Å². The van der Waals surface area contributed by atoms with Crippen molar-refractivity contribution in [3.05, 3.63) is 93.8 Å². The number of nitrogens with zero attached hydrogens (tertiary/aromatic N) is 3. The van der Waals surface area contributed by atoms with Crippen molar-refractivity contribution >= 4 is 17.2 Å². The lowest BCUT2D eigenvalue weighted by atomic mass is 10.2. The maximum Gasteiger partial charge on any atom is 0.264 e. The maximum absolute atomic E-state index is 14.6.